The van der Waals surface area contributed by atoms with Gasteiger partial charge in [0.05, 0.1) is 16.8 Å². The van der Waals surface area contributed by atoms with Crippen molar-refractivity contribution in [1.82, 2.24) is 15.6 Å². The number of hydrogen-bond donors (Lipinski definition) is 2. The molecule has 5 nitrogen and oxygen atoms in total. The molecule has 0 aliphatic heterocycles. The van der Waals surface area contributed by atoms with E-state index in [1.54, 1.807) is 23.6 Å². The summed E-state index contributed by atoms with van der Waals surface area (Å²) in [6.45, 7) is 4.15. The lowest BCUT2D eigenvalue weighted by Crippen LogP contribution is -2.17. The minimum Gasteiger partial charge on any atom is -0.276 e. The number of hydrazone groups is 1. The highest BCUT2D eigenvalue weighted by Crippen LogP contribution is 2.26. The van der Waals surface area contributed by atoms with Gasteiger partial charge >= 0.3 is 0 Å². The summed E-state index contributed by atoms with van der Waals surface area (Å²) in [4.78, 5) is 14.3. The monoisotopic (exact) mass is 338 g/mol. The summed E-state index contributed by atoms with van der Waals surface area (Å²) < 4.78 is 0. The largest absolute Gasteiger partial charge is 0.291 e. The Hall–Kier alpha value is -2.73. The number of nitrogens with one attached hydrogen (secondary N) is 2. The average molecular weight is 338 g/mol. The Bertz CT molecular complexity index is 861. The summed E-state index contributed by atoms with van der Waals surface area (Å²) >= 11 is 1.65. The number of hydrogen-bond acceptors (Lipinski definition) is 4. The second-order valence-electron chi connectivity index (χ2n) is 5.37. The van der Waals surface area contributed by atoms with Gasteiger partial charge in [0.1, 0.15) is 0 Å². The molecule has 6 heteroatoms. The Morgan fingerprint density at radius 2 is 2.08 bits per heavy atom. The van der Waals surface area contributed by atoms with Crippen LogP contribution in [-0.2, 0) is 6.42 Å². The smallest absolute Gasteiger partial charge is 0.276 e. The van der Waals surface area contributed by atoms with Crippen LogP contribution in [0.1, 0.15) is 33.4 Å². The predicted molar refractivity (Wildman–Crippen MR) is 97.5 cm³/mol. The maximum absolute atomic E-state index is 12.1. The number of carbonyl (C=O) groups is 1. The molecule has 2 aromatic heterocycles. The molecule has 0 unspecified atom stereocenters. The standard InChI is InChI=1S/C18H18N4OS/c1-3-13-5-7-14(8-6-13)11-19-22-18(23)16-10-15(20-21-16)17-9-4-12(2)24-17/h4-11H,3H2,1-2H3,(H,20,21)(H,22,23)/b19-11-. The zero-order valence-corrected chi connectivity index (χ0v) is 14.4. The van der Waals surface area contributed by atoms with Crippen LogP contribution in [0.3, 0.4) is 0 Å². The Morgan fingerprint density at radius 3 is 2.75 bits per heavy atom. The second-order valence-corrected chi connectivity index (χ2v) is 6.66. The van der Waals surface area contributed by atoms with Gasteiger partial charge in [-0.2, -0.15) is 10.2 Å². The summed E-state index contributed by atoms with van der Waals surface area (Å²) in [5.74, 6) is -0.341. The fraction of sp³-hybridized carbons (Fsp3) is 0.167. The minimum absolute atomic E-state index is 0.314. The van der Waals surface area contributed by atoms with Crippen molar-refractivity contribution in [3.05, 3.63) is 64.2 Å². The van der Waals surface area contributed by atoms with E-state index in [0.29, 0.717) is 5.69 Å². The van der Waals surface area contributed by atoms with Crippen molar-refractivity contribution >= 4 is 23.5 Å². The number of amides is 1. The lowest BCUT2D eigenvalue weighted by atomic mass is 10.1. The van der Waals surface area contributed by atoms with Crippen LogP contribution in [0.15, 0.2) is 47.6 Å². The molecule has 0 fully saturated rings. The molecule has 1 aromatic carbocycles. The fourth-order valence-electron chi connectivity index (χ4n) is 2.21. The highest BCUT2D eigenvalue weighted by molar-refractivity contribution is 7.15. The third-order valence-electron chi connectivity index (χ3n) is 3.58. The molecule has 0 saturated heterocycles. The van der Waals surface area contributed by atoms with E-state index in [1.165, 1.54) is 10.4 Å². The molecule has 3 rings (SSSR count). The van der Waals surface area contributed by atoms with Gasteiger partial charge in [-0.05, 0) is 42.7 Å². The molecule has 0 bridgehead atoms. The number of thiophene rings is 1. The number of aromatic nitrogens is 2. The van der Waals surface area contributed by atoms with E-state index in [9.17, 15) is 4.79 Å². The van der Waals surface area contributed by atoms with Gasteiger partial charge in [0.15, 0.2) is 5.69 Å². The molecule has 0 aliphatic carbocycles. The SMILES string of the molecule is CCc1ccc(/C=N\NC(=O)c2cc(-c3ccc(C)s3)[nH]n2)cc1. The molecular weight excluding hydrogens is 320 g/mol. The zero-order valence-electron chi connectivity index (χ0n) is 13.5. The van der Waals surface area contributed by atoms with Crippen LogP contribution in [0, 0.1) is 6.92 Å². The Kier molecular flexibility index (Phi) is 4.86. The molecule has 24 heavy (non-hydrogen) atoms. The number of benzene rings is 1. The molecule has 0 radical (unpaired) electrons. The van der Waals surface area contributed by atoms with Crippen molar-refractivity contribution in [1.29, 1.82) is 0 Å². The van der Waals surface area contributed by atoms with E-state index >= 15 is 0 Å². The molecule has 0 aliphatic rings. The normalized spacial score (nSPS) is 11.1. The van der Waals surface area contributed by atoms with Crippen LogP contribution in [0.25, 0.3) is 10.6 Å². The van der Waals surface area contributed by atoms with E-state index in [2.05, 4.69) is 27.6 Å². The van der Waals surface area contributed by atoms with E-state index in [4.69, 9.17) is 0 Å². The van der Waals surface area contributed by atoms with Crippen molar-refractivity contribution < 1.29 is 4.79 Å². The maximum Gasteiger partial charge on any atom is 0.291 e. The minimum atomic E-state index is -0.341. The average Bonchev–Trinajstić information content (AvgIpc) is 3.24. The zero-order chi connectivity index (χ0) is 16.9. The summed E-state index contributed by atoms with van der Waals surface area (Å²) in [6, 6.07) is 13.8. The number of carbonyl (C=O) groups excluding carboxylic acids is 1. The molecule has 0 spiro atoms. The maximum atomic E-state index is 12.1. The first-order valence-corrected chi connectivity index (χ1v) is 8.52. The van der Waals surface area contributed by atoms with Gasteiger partial charge in [-0.1, -0.05) is 31.2 Å². The predicted octanol–water partition coefficient (Wildman–Crippen LogP) is 3.77. The van der Waals surface area contributed by atoms with Gasteiger partial charge < -0.3 is 0 Å². The number of H-pyrrole nitrogens is 1. The summed E-state index contributed by atoms with van der Waals surface area (Å²) in [5, 5.41) is 10.9. The van der Waals surface area contributed by atoms with Gasteiger partial charge in [0.2, 0.25) is 0 Å². The molecule has 2 N–H and O–H groups in total. The van der Waals surface area contributed by atoms with Crippen molar-refractivity contribution in [3.8, 4) is 10.6 Å². The fourth-order valence-corrected chi connectivity index (χ4v) is 3.04. The number of nitrogens with zero attached hydrogens (tertiary/aromatic N) is 2. The van der Waals surface area contributed by atoms with E-state index in [0.717, 1.165) is 22.6 Å². The molecule has 3 aromatic rings. The second kappa shape index (κ2) is 7.23. The summed E-state index contributed by atoms with van der Waals surface area (Å²) in [5.41, 5.74) is 5.84. The third kappa shape index (κ3) is 3.78. The van der Waals surface area contributed by atoms with Crippen molar-refractivity contribution in [3.63, 3.8) is 0 Å². The lowest BCUT2D eigenvalue weighted by Gasteiger charge is -1.97. The first-order valence-electron chi connectivity index (χ1n) is 7.70. The topological polar surface area (TPSA) is 70.1 Å². The number of rotatable bonds is 5. The van der Waals surface area contributed by atoms with Crippen LogP contribution in [0.4, 0.5) is 0 Å². The molecule has 1 amide bonds. The first kappa shape index (κ1) is 16.1. The number of aryl methyl sites for hydroxylation is 2. The molecular formula is C18H18N4OS. The van der Waals surface area contributed by atoms with Crippen molar-refractivity contribution in [2.75, 3.05) is 0 Å². The van der Waals surface area contributed by atoms with Gasteiger partial charge in [0.25, 0.3) is 5.91 Å². The van der Waals surface area contributed by atoms with Gasteiger partial charge in [-0.15, -0.1) is 11.3 Å². The van der Waals surface area contributed by atoms with Crippen LogP contribution >= 0.6 is 11.3 Å². The summed E-state index contributed by atoms with van der Waals surface area (Å²) in [6.07, 6.45) is 2.62. The van der Waals surface area contributed by atoms with Gasteiger partial charge in [0, 0.05) is 4.88 Å². The van der Waals surface area contributed by atoms with Gasteiger partial charge in [-0.3, -0.25) is 9.89 Å². The first-order chi connectivity index (χ1) is 11.7. The van der Waals surface area contributed by atoms with E-state index in [1.807, 2.05) is 43.3 Å². The van der Waals surface area contributed by atoms with Crippen LogP contribution < -0.4 is 5.43 Å². The summed E-state index contributed by atoms with van der Waals surface area (Å²) in [7, 11) is 0. The molecule has 0 saturated carbocycles. The van der Waals surface area contributed by atoms with E-state index < -0.39 is 0 Å². The highest BCUT2D eigenvalue weighted by Gasteiger charge is 2.11. The van der Waals surface area contributed by atoms with Crippen LogP contribution in [0.5, 0.6) is 0 Å². The van der Waals surface area contributed by atoms with E-state index in [-0.39, 0.29) is 5.91 Å². The molecule has 0 atom stereocenters. The lowest BCUT2D eigenvalue weighted by molar-refractivity contribution is 0.0950. The number of aromatic amines is 1. The van der Waals surface area contributed by atoms with Crippen molar-refractivity contribution in [2.24, 2.45) is 5.10 Å². The molecule has 122 valence electrons. The Labute approximate surface area is 144 Å². The highest BCUT2D eigenvalue weighted by atomic mass is 32.1. The van der Waals surface area contributed by atoms with Crippen molar-refractivity contribution in [2.45, 2.75) is 20.3 Å². The van der Waals surface area contributed by atoms with Crippen LogP contribution in [-0.4, -0.2) is 22.3 Å². The Morgan fingerprint density at radius 1 is 1.29 bits per heavy atom. The quantitative estimate of drug-likeness (QED) is 0.549. The van der Waals surface area contributed by atoms with Crippen LogP contribution in [0.2, 0.25) is 0 Å². The Balaban J connectivity index is 1.62. The van der Waals surface area contributed by atoms with Gasteiger partial charge in [-0.25, -0.2) is 5.43 Å². The molecule has 2 heterocycles. The third-order valence-corrected chi connectivity index (χ3v) is 4.62.